The van der Waals surface area contributed by atoms with Crippen LogP contribution in [0, 0.1) is 0 Å². The molecular formula is C15H15F2NO2S. The first-order chi connectivity index (χ1) is 9.95. The van der Waals surface area contributed by atoms with E-state index in [9.17, 15) is 19.0 Å². The highest BCUT2D eigenvalue weighted by atomic mass is 32.2. The van der Waals surface area contributed by atoms with Gasteiger partial charge in [0.2, 0.25) is 0 Å². The number of hydrogen-bond acceptors (Lipinski definition) is 4. The normalized spacial score (nSPS) is 12.4. The maximum Gasteiger partial charge on any atom is 0.288 e. The number of benzene rings is 2. The van der Waals surface area contributed by atoms with Gasteiger partial charge in [-0.3, -0.25) is 0 Å². The van der Waals surface area contributed by atoms with Gasteiger partial charge in [-0.15, -0.1) is 0 Å². The second-order valence-corrected chi connectivity index (χ2v) is 5.58. The van der Waals surface area contributed by atoms with Crippen molar-refractivity contribution in [2.75, 3.05) is 5.32 Å². The second-order valence-electron chi connectivity index (χ2n) is 4.51. The van der Waals surface area contributed by atoms with Crippen molar-refractivity contribution in [3.05, 3.63) is 48.0 Å². The number of anilines is 1. The van der Waals surface area contributed by atoms with Crippen LogP contribution >= 0.6 is 11.8 Å². The molecule has 112 valence electrons. The van der Waals surface area contributed by atoms with Crippen LogP contribution in [0.15, 0.2) is 47.4 Å². The first-order valence-electron chi connectivity index (χ1n) is 6.29. The van der Waals surface area contributed by atoms with Gasteiger partial charge in [-0.1, -0.05) is 11.8 Å². The molecule has 2 rings (SSSR count). The van der Waals surface area contributed by atoms with E-state index in [0.717, 1.165) is 5.69 Å². The van der Waals surface area contributed by atoms with Gasteiger partial charge in [0.1, 0.15) is 11.5 Å². The molecule has 0 radical (unpaired) electrons. The lowest BCUT2D eigenvalue weighted by molar-refractivity contribution is 0.252. The third kappa shape index (κ3) is 4.26. The minimum absolute atomic E-state index is 0.000115. The topological polar surface area (TPSA) is 52.5 Å². The zero-order chi connectivity index (χ0) is 15.4. The quantitative estimate of drug-likeness (QED) is 0.707. The van der Waals surface area contributed by atoms with Crippen LogP contribution in [0.25, 0.3) is 0 Å². The van der Waals surface area contributed by atoms with E-state index in [4.69, 9.17) is 0 Å². The third-order valence-electron chi connectivity index (χ3n) is 2.94. The predicted octanol–water partition coefficient (Wildman–Crippen LogP) is 4.59. The lowest BCUT2D eigenvalue weighted by atomic mass is 10.1. The van der Waals surface area contributed by atoms with Crippen LogP contribution in [-0.4, -0.2) is 16.0 Å². The van der Waals surface area contributed by atoms with Crippen molar-refractivity contribution >= 4 is 17.4 Å². The average molecular weight is 311 g/mol. The lowest BCUT2D eigenvalue weighted by Crippen LogP contribution is -2.06. The number of phenolic OH excluding ortho intramolecular Hbond substituents is 2. The van der Waals surface area contributed by atoms with Gasteiger partial charge in [0.15, 0.2) is 0 Å². The molecule has 0 fully saturated rings. The average Bonchev–Trinajstić information content (AvgIpc) is 2.40. The van der Waals surface area contributed by atoms with Crippen molar-refractivity contribution in [1.29, 1.82) is 0 Å². The van der Waals surface area contributed by atoms with E-state index >= 15 is 0 Å². The standard InChI is InChI=1S/C15H15F2NO2S/c1-9(13-7-4-11(19)8-14(13)20)18-10-2-5-12(6-3-10)21-15(16)17/h2-9,15,18-20H,1H3. The molecule has 21 heavy (non-hydrogen) atoms. The number of phenols is 2. The Morgan fingerprint density at radius 1 is 1.05 bits per heavy atom. The van der Waals surface area contributed by atoms with Gasteiger partial charge in [-0.05, 0) is 43.3 Å². The Morgan fingerprint density at radius 2 is 1.71 bits per heavy atom. The van der Waals surface area contributed by atoms with Crippen LogP contribution in [0.2, 0.25) is 0 Å². The van der Waals surface area contributed by atoms with Crippen molar-refractivity contribution in [1.82, 2.24) is 0 Å². The van der Waals surface area contributed by atoms with E-state index < -0.39 is 5.76 Å². The van der Waals surface area contributed by atoms with Crippen molar-refractivity contribution in [2.45, 2.75) is 23.6 Å². The molecule has 2 aromatic rings. The molecule has 0 aliphatic carbocycles. The van der Waals surface area contributed by atoms with Crippen molar-refractivity contribution in [3.8, 4) is 11.5 Å². The van der Waals surface area contributed by atoms with Crippen LogP contribution < -0.4 is 5.32 Å². The molecule has 3 nitrogen and oxygen atoms in total. The Morgan fingerprint density at radius 3 is 2.29 bits per heavy atom. The predicted molar refractivity (Wildman–Crippen MR) is 80.1 cm³/mol. The van der Waals surface area contributed by atoms with Crippen LogP contribution in [0.1, 0.15) is 18.5 Å². The Bertz CT molecular complexity index is 605. The fourth-order valence-corrected chi connectivity index (χ4v) is 2.46. The highest BCUT2D eigenvalue weighted by Crippen LogP contribution is 2.31. The molecule has 2 aromatic carbocycles. The lowest BCUT2D eigenvalue weighted by Gasteiger charge is -2.17. The van der Waals surface area contributed by atoms with Crippen LogP contribution in [0.3, 0.4) is 0 Å². The molecule has 0 aliphatic rings. The number of aromatic hydroxyl groups is 2. The van der Waals surface area contributed by atoms with Crippen LogP contribution in [0.4, 0.5) is 14.5 Å². The minimum Gasteiger partial charge on any atom is -0.508 e. The van der Waals surface area contributed by atoms with Crippen LogP contribution in [-0.2, 0) is 0 Å². The Kier molecular flexibility index (Phi) is 4.90. The van der Waals surface area contributed by atoms with Crippen molar-refractivity contribution in [2.24, 2.45) is 0 Å². The number of alkyl halides is 2. The summed E-state index contributed by atoms with van der Waals surface area (Å²) in [6.07, 6.45) is 0. The number of rotatable bonds is 5. The van der Waals surface area contributed by atoms with E-state index in [2.05, 4.69) is 5.32 Å². The molecule has 0 saturated heterocycles. The number of thioether (sulfide) groups is 1. The van der Waals surface area contributed by atoms with Crippen molar-refractivity contribution in [3.63, 3.8) is 0 Å². The summed E-state index contributed by atoms with van der Waals surface area (Å²) in [7, 11) is 0. The number of nitrogens with one attached hydrogen (secondary N) is 1. The maximum atomic E-state index is 12.2. The van der Waals surface area contributed by atoms with E-state index in [1.807, 2.05) is 6.92 Å². The molecule has 0 aromatic heterocycles. The smallest absolute Gasteiger partial charge is 0.288 e. The molecule has 6 heteroatoms. The molecule has 0 aliphatic heterocycles. The van der Waals surface area contributed by atoms with E-state index in [-0.39, 0.29) is 17.5 Å². The highest BCUT2D eigenvalue weighted by molar-refractivity contribution is 7.99. The van der Waals surface area contributed by atoms with Gasteiger partial charge in [-0.25, -0.2) is 0 Å². The molecule has 3 N–H and O–H groups in total. The van der Waals surface area contributed by atoms with E-state index in [1.165, 1.54) is 12.1 Å². The first kappa shape index (κ1) is 15.4. The second kappa shape index (κ2) is 6.67. The number of hydrogen-bond donors (Lipinski definition) is 3. The number of halogens is 2. The summed E-state index contributed by atoms with van der Waals surface area (Å²) < 4.78 is 24.5. The van der Waals surface area contributed by atoms with Gasteiger partial charge in [0.05, 0.1) is 6.04 Å². The van der Waals surface area contributed by atoms with Gasteiger partial charge in [0, 0.05) is 22.2 Å². The van der Waals surface area contributed by atoms with Gasteiger partial charge >= 0.3 is 0 Å². The summed E-state index contributed by atoms with van der Waals surface area (Å²) in [5.41, 5.74) is 1.40. The first-order valence-corrected chi connectivity index (χ1v) is 7.17. The van der Waals surface area contributed by atoms with Gasteiger partial charge < -0.3 is 15.5 Å². The summed E-state index contributed by atoms with van der Waals surface area (Å²) in [6.45, 7) is 1.86. The Hall–Kier alpha value is -1.95. The summed E-state index contributed by atoms with van der Waals surface area (Å²) >= 11 is 0.498. The molecular weight excluding hydrogens is 296 g/mol. The molecule has 0 amide bonds. The van der Waals surface area contributed by atoms with Crippen LogP contribution in [0.5, 0.6) is 11.5 Å². The Balaban J connectivity index is 2.06. The molecule has 0 heterocycles. The van der Waals surface area contributed by atoms with E-state index in [1.54, 1.807) is 30.3 Å². The fourth-order valence-electron chi connectivity index (χ4n) is 1.96. The zero-order valence-corrected chi connectivity index (χ0v) is 12.1. The van der Waals surface area contributed by atoms with E-state index in [0.29, 0.717) is 22.2 Å². The molecule has 1 unspecified atom stereocenters. The SMILES string of the molecule is CC(Nc1ccc(SC(F)F)cc1)c1ccc(O)cc1O. The molecule has 0 bridgehead atoms. The summed E-state index contributed by atoms with van der Waals surface area (Å²) in [5, 5.41) is 22.2. The van der Waals surface area contributed by atoms with Gasteiger partial charge in [0.25, 0.3) is 5.76 Å². The highest BCUT2D eigenvalue weighted by Gasteiger charge is 2.11. The maximum absolute atomic E-state index is 12.2. The fraction of sp³-hybridized carbons (Fsp3) is 0.200. The minimum atomic E-state index is -2.43. The zero-order valence-electron chi connectivity index (χ0n) is 11.3. The summed E-state index contributed by atoms with van der Waals surface area (Å²) in [4.78, 5) is 0.496. The monoisotopic (exact) mass is 311 g/mol. The molecule has 1 atom stereocenters. The summed E-state index contributed by atoms with van der Waals surface area (Å²) in [6, 6.07) is 10.8. The van der Waals surface area contributed by atoms with Crippen molar-refractivity contribution < 1.29 is 19.0 Å². The Labute approximate surface area is 125 Å². The molecule has 0 saturated carbocycles. The van der Waals surface area contributed by atoms with Gasteiger partial charge in [-0.2, -0.15) is 8.78 Å². The summed E-state index contributed by atoms with van der Waals surface area (Å²) in [5.74, 6) is -2.44. The molecule has 0 spiro atoms. The largest absolute Gasteiger partial charge is 0.508 e. The third-order valence-corrected chi connectivity index (χ3v) is 3.67.